The van der Waals surface area contributed by atoms with E-state index in [-0.39, 0.29) is 0 Å². The van der Waals surface area contributed by atoms with Crippen LogP contribution in [0.2, 0.25) is 0 Å². The molecule has 1 aromatic carbocycles. The fourth-order valence-corrected chi connectivity index (χ4v) is 2.89. The van der Waals surface area contributed by atoms with Crippen LogP contribution >= 0.6 is 0 Å². The second-order valence-electron chi connectivity index (χ2n) is 6.17. The summed E-state index contributed by atoms with van der Waals surface area (Å²) < 4.78 is 0. The van der Waals surface area contributed by atoms with Gasteiger partial charge in [0.05, 0.1) is 5.41 Å². The smallest absolute Gasteiger partial charge is 0.309 e. The predicted octanol–water partition coefficient (Wildman–Crippen LogP) is 3.11. The minimum atomic E-state index is -0.742. The molecule has 0 aromatic heterocycles. The van der Waals surface area contributed by atoms with E-state index >= 15 is 0 Å². The van der Waals surface area contributed by atoms with Gasteiger partial charge in [0.2, 0.25) is 0 Å². The van der Waals surface area contributed by atoms with Gasteiger partial charge in [0.25, 0.3) is 0 Å². The SMILES string of the molecule is CCN1c2cc(CC(C)(C)C(=O)O)ccc2CC1C. The van der Waals surface area contributed by atoms with Crippen molar-refractivity contribution in [1.29, 1.82) is 0 Å². The van der Waals surface area contributed by atoms with Gasteiger partial charge in [-0.1, -0.05) is 12.1 Å². The van der Waals surface area contributed by atoms with Crippen LogP contribution in [-0.4, -0.2) is 23.7 Å². The van der Waals surface area contributed by atoms with Crippen molar-refractivity contribution in [2.45, 2.75) is 46.6 Å². The van der Waals surface area contributed by atoms with E-state index in [0.29, 0.717) is 12.5 Å². The topological polar surface area (TPSA) is 40.5 Å². The second-order valence-corrected chi connectivity index (χ2v) is 6.17. The van der Waals surface area contributed by atoms with Crippen LogP contribution in [0.25, 0.3) is 0 Å². The number of hydrogen-bond acceptors (Lipinski definition) is 2. The number of nitrogens with zero attached hydrogens (tertiary/aromatic N) is 1. The van der Waals surface area contributed by atoms with Crippen molar-refractivity contribution in [2.75, 3.05) is 11.4 Å². The zero-order valence-corrected chi connectivity index (χ0v) is 12.2. The Morgan fingerprint density at radius 2 is 2.16 bits per heavy atom. The molecule has 0 amide bonds. The Labute approximate surface area is 115 Å². The van der Waals surface area contributed by atoms with Crippen molar-refractivity contribution in [3.63, 3.8) is 0 Å². The monoisotopic (exact) mass is 261 g/mol. The largest absolute Gasteiger partial charge is 0.481 e. The third-order valence-corrected chi connectivity index (χ3v) is 4.07. The van der Waals surface area contributed by atoms with Gasteiger partial charge < -0.3 is 10.0 Å². The van der Waals surface area contributed by atoms with Gasteiger partial charge in [-0.2, -0.15) is 0 Å². The van der Waals surface area contributed by atoms with Crippen molar-refractivity contribution < 1.29 is 9.90 Å². The van der Waals surface area contributed by atoms with E-state index in [1.807, 2.05) is 0 Å². The van der Waals surface area contributed by atoms with Crippen LogP contribution in [0.4, 0.5) is 5.69 Å². The first-order chi connectivity index (χ1) is 8.85. The quantitative estimate of drug-likeness (QED) is 0.905. The molecule has 2 rings (SSSR count). The van der Waals surface area contributed by atoms with Crippen molar-refractivity contribution in [2.24, 2.45) is 5.41 Å². The van der Waals surface area contributed by atoms with Crippen LogP contribution in [0.1, 0.15) is 38.8 Å². The highest BCUT2D eigenvalue weighted by Gasteiger charge is 2.29. The number of benzene rings is 1. The van der Waals surface area contributed by atoms with Crippen LogP contribution in [0.15, 0.2) is 18.2 Å². The number of anilines is 1. The first kappa shape index (κ1) is 13.9. The molecule has 0 fully saturated rings. The fourth-order valence-electron chi connectivity index (χ4n) is 2.89. The molecule has 3 nitrogen and oxygen atoms in total. The van der Waals surface area contributed by atoms with Crippen LogP contribution < -0.4 is 4.90 Å². The lowest BCUT2D eigenvalue weighted by Gasteiger charge is -2.24. The summed E-state index contributed by atoms with van der Waals surface area (Å²) in [5.41, 5.74) is 3.06. The summed E-state index contributed by atoms with van der Waals surface area (Å²) in [7, 11) is 0. The van der Waals surface area contributed by atoms with E-state index in [0.717, 1.165) is 18.5 Å². The Hall–Kier alpha value is -1.51. The Morgan fingerprint density at radius 1 is 1.47 bits per heavy atom. The van der Waals surface area contributed by atoms with E-state index < -0.39 is 11.4 Å². The molecule has 0 aliphatic carbocycles. The van der Waals surface area contributed by atoms with E-state index in [2.05, 4.69) is 36.9 Å². The number of rotatable bonds is 4. The number of likely N-dealkylation sites (N-methyl/N-ethyl adjacent to an activating group) is 1. The molecule has 1 aliphatic heterocycles. The normalized spacial score (nSPS) is 18.5. The summed E-state index contributed by atoms with van der Waals surface area (Å²) in [4.78, 5) is 13.6. The molecule has 0 spiro atoms. The van der Waals surface area contributed by atoms with Gasteiger partial charge in [0.1, 0.15) is 0 Å². The van der Waals surface area contributed by atoms with Gasteiger partial charge in [0, 0.05) is 18.3 Å². The average molecular weight is 261 g/mol. The van der Waals surface area contributed by atoms with E-state index in [4.69, 9.17) is 0 Å². The molecule has 0 saturated carbocycles. The highest BCUT2D eigenvalue weighted by Crippen LogP contribution is 2.34. The van der Waals surface area contributed by atoms with E-state index in [9.17, 15) is 9.90 Å². The highest BCUT2D eigenvalue weighted by molar-refractivity contribution is 5.74. The van der Waals surface area contributed by atoms with Crippen molar-refractivity contribution >= 4 is 11.7 Å². The highest BCUT2D eigenvalue weighted by atomic mass is 16.4. The van der Waals surface area contributed by atoms with E-state index in [1.165, 1.54) is 11.3 Å². The summed E-state index contributed by atoms with van der Waals surface area (Å²) in [6, 6.07) is 6.96. The first-order valence-corrected chi connectivity index (χ1v) is 6.97. The molecule has 1 heterocycles. The zero-order chi connectivity index (χ0) is 14.2. The lowest BCUT2D eigenvalue weighted by Crippen LogP contribution is -2.29. The van der Waals surface area contributed by atoms with Crippen LogP contribution in [0.3, 0.4) is 0 Å². The van der Waals surface area contributed by atoms with Crippen LogP contribution in [-0.2, 0) is 17.6 Å². The average Bonchev–Trinajstić information content (AvgIpc) is 2.63. The molecule has 0 bridgehead atoms. The minimum Gasteiger partial charge on any atom is -0.481 e. The van der Waals surface area contributed by atoms with E-state index in [1.54, 1.807) is 13.8 Å². The Bertz CT molecular complexity index is 494. The number of aliphatic carboxylic acids is 1. The van der Waals surface area contributed by atoms with Crippen molar-refractivity contribution in [3.05, 3.63) is 29.3 Å². The van der Waals surface area contributed by atoms with Gasteiger partial charge in [-0.05, 0) is 57.7 Å². The van der Waals surface area contributed by atoms with Gasteiger partial charge in [-0.3, -0.25) is 4.79 Å². The molecule has 1 unspecified atom stereocenters. The summed E-state index contributed by atoms with van der Waals surface area (Å²) in [6.07, 6.45) is 1.66. The molecule has 104 valence electrons. The molecule has 0 radical (unpaired) electrons. The number of fused-ring (bicyclic) bond motifs is 1. The maximum atomic E-state index is 11.2. The maximum absolute atomic E-state index is 11.2. The lowest BCUT2D eigenvalue weighted by molar-refractivity contribution is -0.146. The molecule has 3 heteroatoms. The van der Waals surface area contributed by atoms with Crippen molar-refractivity contribution in [3.8, 4) is 0 Å². The number of carbonyl (C=O) groups is 1. The molecule has 19 heavy (non-hydrogen) atoms. The minimum absolute atomic E-state index is 0.544. The van der Waals surface area contributed by atoms with Gasteiger partial charge in [0.15, 0.2) is 0 Å². The molecule has 1 N–H and O–H groups in total. The Kier molecular flexibility index (Phi) is 3.57. The lowest BCUT2D eigenvalue weighted by atomic mass is 9.85. The van der Waals surface area contributed by atoms with Crippen LogP contribution in [0, 0.1) is 5.41 Å². The molecule has 0 saturated heterocycles. The number of carboxylic acid groups (broad SMARTS) is 1. The standard InChI is InChI=1S/C16H23NO2/c1-5-17-11(2)8-13-7-6-12(9-14(13)17)10-16(3,4)15(18)19/h6-7,9,11H,5,8,10H2,1-4H3,(H,18,19). The number of carboxylic acids is 1. The van der Waals surface area contributed by atoms with Gasteiger partial charge in [-0.15, -0.1) is 0 Å². The van der Waals surface area contributed by atoms with Gasteiger partial charge in [-0.25, -0.2) is 0 Å². The zero-order valence-electron chi connectivity index (χ0n) is 12.2. The first-order valence-electron chi connectivity index (χ1n) is 6.97. The molecular weight excluding hydrogens is 238 g/mol. The van der Waals surface area contributed by atoms with Crippen LogP contribution in [0.5, 0.6) is 0 Å². The fraction of sp³-hybridized carbons (Fsp3) is 0.562. The molecule has 1 atom stereocenters. The third kappa shape index (κ3) is 2.60. The van der Waals surface area contributed by atoms with Gasteiger partial charge >= 0.3 is 5.97 Å². The Morgan fingerprint density at radius 3 is 2.74 bits per heavy atom. The number of hydrogen-bond donors (Lipinski definition) is 1. The summed E-state index contributed by atoms with van der Waals surface area (Å²) in [5, 5.41) is 9.23. The summed E-state index contributed by atoms with van der Waals surface area (Å²) in [6.45, 7) is 8.97. The van der Waals surface area contributed by atoms with Crippen molar-refractivity contribution in [1.82, 2.24) is 0 Å². The third-order valence-electron chi connectivity index (χ3n) is 4.07. The maximum Gasteiger partial charge on any atom is 0.309 e. The molecule has 1 aliphatic rings. The second kappa shape index (κ2) is 4.87. The summed E-state index contributed by atoms with van der Waals surface area (Å²) in [5.74, 6) is -0.742. The Balaban J connectivity index is 2.28. The molecule has 1 aromatic rings. The predicted molar refractivity (Wildman–Crippen MR) is 77.7 cm³/mol. The summed E-state index contributed by atoms with van der Waals surface area (Å²) >= 11 is 0. The molecular formula is C16H23NO2.